The van der Waals surface area contributed by atoms with E-state index in [-0.39, 0.29) is 0 Å². The number of hydrogen-bond donors (Lipinski definition) is 1. The molecule has 1 N–H and O–H groups in total. The Morgan fingerprint density at radius 2 is 1.06 bits per heavy atom. The molecule has 2 saturated carbocycles. The highest BCUT2D eigenvalue weighted by Gasteiger charge is 2.34. The molecule has 2 aliphatic carbocycles. The standard InChI is InChI=1S/C15H27N/c1-2-6-12(7-3-1)15-11-10-13-8-4-5-9-14(13)16-15/h12-16H,1-11H2. The number of hydrogen-bond acceptors (Lipinski definition) is 1. The zero-order valence-corrected chi connectivity index (χ0v) is 10.6. The fraction of sp³-hybridized carbons (Fsp3) is 1.00. The Morgan fingerprint density at radius 1 is 0.500 bits per heavy atom. The van der Waals surface area contributed by atoms with Gasteiger partial charge in [0.05, 0.1) is 0 Å². The van der Waals surface area contributed by atoms with Crippen LogP contribution in [0.1, 0.15) is 70.6 Å². The molecule has 0 amide bonds. The van der Waals surface area contributed by atoms with E-state index >= 15 is 0 Å². The second-order valence-corrected chi connectivity index (χ2v) is 6.40. The van der Waals surface area contributed by atoms with Gasteiger partial charge in [-0.1, -0.05) is 32.1 Å². The van der Waals surface area contributed by atoms with E-state index in [4.69, 9.17) is 0 Å². The summed E-state index contributed by atoms with van der Waals surface area (Å²) in [4.78, 5) is 0. The summed E-state index contributed by atoms with van der Waals surface area (Å²) in [7, 11) is 0. The van der Waals surface area contributed by atoms with Crippen molar-refractivity contribution < 1.29 is 0 Å². The number of piperidine rings is 1. The van der Waals surface area contributed by atoms with Crippen LogP contribution in [-0.4, -0.2) is 12.1 Å². The molecule has 0 aromatic heterocycles. The van der Waals surface area contributed by atoms with E-state index in [0.29, 0.717) is 0 Å². The molecule has 1 heteroatoms. The molecule has 1 heterocycles. The van der Waals surface area contributed by atoms with Gasteiger partial charge in [-0.25, -0.2) is 0 Å². The van der Waals surface area contributed by atoms with Gasteiger partial charge in [-0.15, -0.1) is 0 Å². The van der Waals surface area contributed by atoms with Crippen LogP contribution in [0, 0.1) is 11.8 Å². The van der Waals surface area contributed by atoms with Crippen LogP contribution < -0.4 is 5.32 Å². The third-order valence-electron chi connectivity index (χ3n) is 5.40. The zero-order chi connectivity index (χ0) is 10.8. The molecule has 92 valence electrons. The first kappa shape index (κ1) is 11.1. The van der Waals surface area contributed by atoms with E-state index < -0.39 is 0 Å². The fourth-order valence-electron chi connectivity index (χ4n) is 4.43. The fourth-order valence-corrected chi connectivity index (χ4v) is 4.43. The predicted molar refractivity (Wildman–Crippen MR) is 68.5 cm³/mol. The average molecular weight is 221 g/mol. The number of nitrogens with one attached hydrogen (secondary N) is 1. The van der Waals surface area contributed by atoms with Gasteiger partial charge < -0.3 is 5.32 Å². The molecule has 3 fully saturated rings. The molecular weight excluding hydrogens is 194 g/mol. The highest BCUT2D eigenvalue weighted by molar-refractivity contribution is 4.92. The molecule has 1 saturated heterocycles. The molecule has 0 radical (unpaired) electrons. The maximum Gasteiger partial charge on any atom is 0.00981 e. The first-order chi connectivity index (χ1) is 7.93. The minimum atomic E-state index is 0.889. The smallest absolute Gasteiger partial charge is 0.00981 e. The highest BCUT2D eigenvalue weighted by Crippen LogP contribution is 2.37. The van der Waals surface area contributed by atoms with Crippen LogP contribution in [0.4, 0.5) is 0 Å². The van der Waals surface area contributed by atoms with Gasteiger partial charge in [0.2, 0.25) is 0 Å². The van der Waals surface area contributed by atoms with Crippen molar-refractivity contribution in [1.82, 2.24) is 5.32 Å². The largest absolute Gasteiger partial charge is 0.311 e. The third-order valence-corrected chi connectivity index (χ3v) is 5.40. The van der Waals surface area contributed by atoms with Gasteiger partial charge in [0.1, 0.15) is 0 Å². The molecule has 0 bridgehead atoms. The topological polar surface area (TPSA) is 12.0 Å². The van der Waals surface area contributed by atoms with Gasteiger partial charge in [-0.3, -0.25) is 0 Å². The van der Waals surface area contributed by atoms with E-state index in [1.54, 1.807) is 0 Å². The second-order valence-electron chi connectivity index (χ2n) is 6.40. The SMILES string of the molecule is C1CCC(C2CCC3CCCCC3N2)CC1. The van der Waals surface area contributed by atoms with Crippen LogP contribution in [0.2, 0.25) is 0 Å². The van der Waals surface area contributed by atoms with Crippen molar-refractivity contribution in [3.8, 4) is 0 Å². The van der Waals surface area contributed by atoms with Crippen LogP contribution in [0.5, 0.6) is 0 Å². The van der Waals surface area contributed by atoms with Crippen molar-refractivity contribution in [1.29, 1.82) is 0 Å². The molecule has 3 unspecified atom stereocenters. The van der Waals surface area contributed by atoms with Gasteiger partial charge >= 0.3 is 0 Å². The average Bonchev–Trinajstić information content (AvgIpc) is 2.39. The van der Waals surface area contributed by atoms with Gasteiger partial charge in [0.25, 0.3) is 0 Å². The van der Waals surface area contributed by atoms with E-state index in [1.165, 1.54) is 70.6 Å². The van der Waals surface area contributed by atoms with Gasteiger partial charge in [-0.2, -0.15) is 0 Å². The Balaban J connectivity index is 1.57. The van der Waals surface area contributed by atoms with E-state index in [1.807, 2.05) is 0 Å². The molecule has 3 atom stereocenters. The zero-order valence-electron chi connectivity index (χ0n) is 10.6. The summed E-state index contributed by atoms with van der Waals surface area (Å²) in [6, 6.07) is 1.79. The van der Waals surface area contributed by atoms with Gasteiger partial charge in [0.15, 0.2) is 0 Å². The van der Waals surface area contributed by atoms with Crippen LogP contribution >= 0.6 is 0 Å². The lowest BCUT2D eigenvalue weighted by Crippen LogP contribution is -2.51. The van der Waals surface area contributed by atoms with E-state index in [0.717, 1.165) is 23.9 Å². The molecule has 16 heavy (non-hydrogen) atoms. The first-order valence-electron chi connectivity index (χ1n) is 7.69. The lowest BCUT2D eigenvalue weighted by molar-refractivity contribution is 0.131. The first-order valence-corrected chi connectivity index (χ1v) is 7.69. The molecular formula is C15H27N. The Labute approximate surface area is 100 Å². The van der Waals surface area contributed by atoms with Crippen molar-refractivity contribution in [2.45, 2.75) is 82.7 Å². The molecule has 1 aliphatic heterocycles. The summed E-state index contributed by atoms with van der Waals surface area (Å²) >= 11 is 0. The monoisotopic (exact) mass is 221 g/mol. The third kappa shape index (κ3) is 2.30. The lowest BCUT2D eigenvalue weighted by Gasteiger charge is -2.44. The van der Waals surface area contributed by atoms with Crippen LogP contribution in [0.25, 0.3) is 0 Å². The van der Waals surface area contributed by atoms with E-state index in [9.17, 15) is 0 Å². The highest BCUT2D eigenvalue weighted by atomic mass is 15.0. The maximum absolute atomic E-state index is 4.03. The summed E-state index contributed by atoms with van der Waals surface area (Å²) in [5.41, 5.74) is 0. The Kier molecular flexibility index (Phi) is 3.51. The molecule has 3 aliphatic rings. The summed E-state index contributed by atoms with van der Waals surface area (Å²) in [6.07, 6.45) is 16.5. The van der Waals surface area contributed by atoms with Crippen LogP contribution in [0.3, 0.4) is 0 Å². The van der Waals surface area contributed by atoms with Crippen molar-refractivity contribution in [2.75, 3.05) is 0 Å². The Bertz CT molecular complexity index is 217. The molecule has 0 spiro atoms. The maximum atomic E-state index is 4.03. The normalized spacial score (nSPS) is 41.6. The summed E-state index contributed by atoms with van der Waals surface area (Å²) in [5.74, 6) is 2.06. The van der Waals surface area contributed by atoms with E-state index in [2.05, 4.69) is 5.32 Å². The predicted octanol–water partition coefficient (Wildman–Crippen LogP) is 3.88. The van der Waals surface area contributed by atoms with Gasteiger partial charge in [0, 0.05) is 12.1 Å². The Morgan fingerprint density at radius 3 is 1.88 bits per heavy atom. The molecule has 3 rings (SSSR count). The molecule has 1 nitrogen and oxygen atoms in total. The van der Waals surface area contributed by atoms with Crippen LogP contribution in [-0.2, 0) is 0 Å². The summed E-state index contributed by atoms with van der Waals surface area (Å²) < 4.78 is 0. The quantitative estimate of drug-likeness (QED) is 0.708. The molecule has 0 aromatic carbocycles. The summed E-state index contributed by atoms with van der Waals surface area (Å²) in [5, 5.41) is 4.03. The second kappa shape index (κ2) is 5.08. The van der Waals surface area contributed by atoms with Crippen LogP contribution in [0.15, 0.2) is 0 Å². The van der Waals surface area contributed by atoms with Crippen molar-refractivity contribution >= 4 is 0 Å². The Hall–Kier alpha value is -0.0400. The number of fused-ring (bicyclic) bond motifs is 1. The van der Waals surface area contributed by atoms with Gasteiger partial charge in [-0.05, 0) is 50.4 Å². The van der Waals surface area contributed by atoms with Crippen molar-refractivity contribution in [2.24, 2.45) is 11.8 Å². The lowest BCUT2D eigenvalue weighted by atomic mass is 9.73. The minimum Gasteiger partial charge on any atom is -0.311 e. The van der Waals surface area contributed by atoms with Crippen molar-refractivity contribution in [3.63, 3.8) is 0 Å². The van der Waals surface area contributed by atoms with Crippen molar-refractivity contribution in [3.05, 3.63) is 0 Å². The summed E-state index contributed by atoms with van der Waals surface area (Å²) in [6.45, 7) is 0. The molecule has 0 aromatic rings. The number of rotatable bonds is 1. The minimum absolute atomic E-state index is 0.889.